The third-order valence-electron chi connectivity index (χ3n) is 5.70. The molecule has 33 heavy (non-hydrogen) atoms. The third-order valence-corrected chi connectivity index (χ3v) is 5.70. The lowest BCUT2D eigenvalue weighted by Gasteiger charge is -2.36. The highest BCUT2D eigenvalue weighted by molar-refractivity contribution is 6.35. The smallest absolute Gasteiger partial charge is 0.410 e. The molecule has 0 N–H and O–H groups in total. The maximum atomic E-state index is 13.5. The van der Waals surface area contributed by atoms with Crippen LogP contribution in [0.1, 0.15) is 57.4 Å². The lowest BCUT2D eigenvalue weighted by Crippen LogP contribution is -2.51. The van der Waals surface area contributed by atoms with Crippen molar-refractivity contribution in [3.05, 3.63) is 64.7 Å². The Morgan fingerprint density at radius 2 is 1.36 bits per heavy atom. The van der Waals surface area contributed by atoms with Gasteiger partial charge in [-0.25, -0.2) is 9.69 Å². The Kier molecular flexibility index (Phi) is 5.69. The van der Waals surface area contributed by atoms with Crippen molar-refractivity contribution in [3.8, 4) is 0 Å². The largest absolute Gasteiger partial charge is 0.444 e. The fraction of sp³-hybridized carbons (Fsp3) is 0.360. The number of hydrogen-bond acceptors (Lipinski definition) is 5. The minimum absolute atomic E-state index is 0.283. The number of hydrogen-bond donors (Lipinski definition) is 0. The second-order valence-corrected chi connectivity index (χ2v) is 9.22. The van der Waals surface area contributed by atoms with E-state index in [9.17, 15) is 19.2 Å². The Bertz CT molecular complexity index is 1110. The van der Waals surface area contributed by atoms with Gasteiger partial charge in [0, 0.05) is 26.2 Å². The van der Waals surface area contributed by atoms with Crippen LogP contribution in [0.3, 0.4) is 0 Å². The molecule has 1 saturated heterocycles. The molecule has 4 amide bonds. The summed E-state index contributed by atoms with van der Waals surface area (Å²) in [5.74, 6) is -1.16. The molecule has 2 aromatic carbocycles. The van der Waals surface area contributed by atoms with Crippen molar-refractivity contribution in [1.82, 2.24) is 9.80 Å². The van der Waals surface area contributed by atoms with Gasteiger partial charge in [0.1, 0.15) is 5.60 Å². The monoisotopic (exact) mass is 449 g/mol. The number of ether oxygens (including phenoxy) is 1. The van der Waals surface area contributed by atoms with E-state index in [1.807, 2.05) is 20.8 Å². The standard InChI is InChI=1S/C25H27N3O5/c1-16-8-7-11-19(20(16)28-22(30)17-9-5-6-10-18(17)23(28)31)21(29)26-12-14-27(15-13-26)24(32)33-25(2,3)4/h5-11H,12-15H2,1-4H3. The molecular formula is C25H27N3O5. The third kappa shape index (κ3) is 4.20. The summed E-state index contributed by atoms with van der Waals surface area (Å²) in [6.45, 7) is 8.54. The zero-order chi connectivity index (χ0) is 23.9. The number of carbonyl (C=O) groups is 4. The van der Waals surface area contributed by atoms with E-state index in [-0.39, 0.29) is 11.5 Å². The molecule has 0 aliphatic carbocycles. The molecule has 2 aliphatic heterocycles. The second kappa shape index (κ2) is 8.35. The van der Waals surface area contributed by atoms with Crippen LogP contribution in [0.2, 0.25) is 0 Å². The van der Waals surface area contributed by atoms with Gasteiger partial charge in [0.05, 0.1) is 22.4 Å². The maximum Gasteiger partial charge on any atom is 0.410 e. The zero-order valence-electron chi connectivity index (χ0n) is 19.3. The molecule has 4 rings (SSSR count). The van der Waals surface area contributed by atoms with E-state index >= 15 is 0 Å². The van der Waals surface area contributed by atoms with Gasteiger partial charge >= 0.3 is 6.09 Å². The van der Waals surface area contributed by atoms with Gasteiger partial charge in [0.15, 0.2) is 0 Å². The van der Waals surface area contributed by atoms with Crippen LogP contribution in [0.4, 0.5) is 10.5 Å². The highest BCUT2D eigenvalue weighted by Gasteiger charge is 2.39. The molecule has 0 atom stereocenters. The molecule has 2 aromatic rings. The topological polar surface area (TPSA) is 87.2 Å². The summed E-state index contributed by atoms with van der Waals surface area (Å²) in [7, 11) is 0. The fourth-order valence-corrected chi connectivity index (χ4v) is 4.11. The molecule has 0 bridgehead atoms. The quantitative estimate of drug-likeness (QED) is 0.655. The van der Waals surface area contributed by atoms with Crippen molar-refractivity contribution in [2.75, 3.05) is 31.1 Å². The average molecular weight is 450 g/mol. The molecule has 8 heteroatoms. The van der Waals surface area contributed by atoms with Crippen molar-refractivity contribution in [2.45, 2.75) is 33.3 Å². The highest BCUT2D eigenvalue weighted by atomic mass is 16.6. The first kappa shape index (κ1) is 22.5. The summed E-state index contributed by atoms with van der Waals surface area (Å²) in [6, 6.07) is 11.8. The first-order valence-corrected chi connectivity index (χ1v) is 10.9. The number of nitrogens with zero attached hydrogens (tertiary/aromatic N) is 3. The van der Waals surface area contributed by atoms with Gasteiger partial charge in [0.25, 0.3) is 17.7 Å². The molecule has 0 unspecified atom stereocenters. The van der Waals surface area contributed by atoms with Gasteiger partial charge in [-0.3, -0.25) is 14.4 Å². The van der Waals surface area contributed by atoms with E-state index in [1.54, 1.807) is 59.2 Å². The van der Waals surface area contributed by atoms with Gasteiger partial charge < -0.3 is 14.5 Å². The van der Waals surface area contributed by atoms with E-state index in [2.05, 4.69) is 0 Å². The Balaban J connectivity index is 1.57. The van der Waals surface area contributed by atoms with Gasteiger partial charge in [0.2, 0.25) is 0 Å². The number of rotatable bonds is 2. The molecular weight excluding hydrogens is 422 g/mol. The predicted octanol–water partition coefficient (Wildman–Crippen LogP) is 3.49. The van der Waals surface area contributed by atoms with E-state index < -0.39 is 23.5 Å². The summed E-state index contributed by atoms with van der Waals surface area (Å²) in [4.78, 5) is 56.2. The van der Waals surface area contributed by atoms with Crippen molar-refractivity contribution >= 4 is 29.5 Å². The lowest BCUT2D eigenvalue weighted by atomic mass is 10.0. The van der Waals surface area contributed by atoms with Crippen LogP contribution < -0.4 is 4.90 Å². The zero-order valence-corrected chi connectivity index (χ0v) is 19.3. The Labute approximate surface area is 192 Å². The number of anilines is 1. The predicted molar refractivity (Wildman–Crippen MR) is 122 cm³/mol. The number of fused-ring (bicyclic) bond motifs is 1. The Morgan fingerprint density at radius 1 is 0.818 bits per heavy atom. The number of imide groups is 1. The Morgan fingerprint density at radius 3 is 1.91 bits per heavy atom. The Hall–Kier alpha value is -3.68. The minimum atomic E-state index is -0.590. The summed E-state index contributed by atoms with van der Waals surface area (Å²) in [5, 5.41) is 0. The summed E-state index contributed by atoms with van der Waals surface area (Å²) >= 11 is 0. The van der Waals surface area contributed by atoms with Crippen molar-refractivity contribution in [1.29, 1.82) is 0 Å². The van der Waals surface area contributed by atoms with E-state index in [0.717, 1.165) is 4.90 Å². The molecule has 0 aromatic heterocycles. The second-order valence-electron chi connectivity index (χ2n) is 9.22. The van der Waals surface area contributed by atoms with Crippen LogP contribution in [0.15, 0.2) is 42.5 Å². The van der Waals surface area contributed by atoms with Crippen molar-refractivity contribution < 1.29 is 23.9 Å². The van der Waals surface area contributed by atoms with Gasteiger partial charge in [-0.05, 0) is 51.5 Å². The molecule has 0 radical (unpaired) electrons. The molecule has 1 fully saturated rings. The summed E-state index contributed by atoms with van der Waals surface area (Å²) in [6.07, 6.45) is -0.406. The number of aryl methyl sites for hydroxylation is 1. The molecule has 2 aliphatic rings. The van der Waals surface area contributed by atoms with Crippen LogP contribution in [0, 0.1) is 6.92 Å². The fourth-order valence-electron chi connectivity index (χ4n) is 4.11. The van der Waals surface area contributed by atoms with E-state index in [4.69, 9.17) is 4.74 Å². The van der Waals surface area contributed by atoms with E-state index in [0.29, 0.717) is 48.6 Å². The lowest BCUT2D eigenvalue weighted by molar-refractivity contribution is 0.0140. The van der Waals surface area contributed by atoms with Crippen molar-refractivity contribution in [3.63, 3.8) is 0 Å². The molecule has 0 saturated carbocycles. The first-order chi connectivity index (χ1) is 15.6. The van der Waals surface area contributed by atoms with Crippen LogP contribution in [0.25, 0.3) is 0 Å². The minimum Gasteiger partial charge on any atom is -0.444 e. The van der Waals surface area contributed by atoms with Crippen LogP contribution in [-0.4, -0.2) is 65.4 Å². The van der Waals surface area contributed by atoms with Crippen LogP contribution in [-0.2, 0) is 4.74 Å². The first-order valence-electron chi connectivity index (χ1n) is 10.9. The summed E-state index contributed by atoms with van der Waals surface area (Å²) < 4.78 is 5.42. The van der Waals surface area contributed by atoms with Crippen LogP contribution >= 0.6 is 0 Å². The number of para-hydroxylation sites is 1. The number of carbonyl (C=O) groups excluding carboxylic acids is 4. The molecule has 2 heterocycles. The number of amides is 4. The van der Waals surface area contributed by atoms with Gasteiger partial charge in [-0.15, -0.1) is 0 Å². The van der Waals surface area contributed by atoms with Gasteiger partial charge in [-0.1, -0.05) is 24.3 Å². The summed E-state index contributed by atoms with van der Waals surface area (Å²) in [5.41, 5.74) is 1.32. The number of benzene rings is 2. The van der Waals surface area contributed by atoms with Gasteiger partial charge in [-0.2, -0.15) is 0 Å². The van der Waals surface area contributed by atoms with Crippen LogP contribution in [0.5, 0.6) is 0 Å². The molecule has 8 nitrogen and oxygen atoms in total. The number of piperazine rings is 1. The normalized spacial score (nSPS) is 16.2. The van der Waals surface area contributed by atoms with E-state index in [1.165, 1.54) is 0 Å². The van der Waals surface area contributed by atoms with Crippen molar-refractivity contribution in [2.24, 2.45) is 0 Å². The highest BCUT2D eigenvalue weighted by Crippen LogP contribution is 2.34. The molecule has 0 spiro atoms. The molecule has 172 valence electrons. The maximum absolute atomic E-state index is 13.5. The SMILES string of the molecule is Cc1cccc(C(=O)N2CCN(C(=O)OC(C)(C)C)CC2)c1N1C(=O)c2ccccc2C1=O. The average Bonchev–Trinajstić information content (AvgIpc) is 3.02.